The van der Waals surface area contributed by atoms with E-state index in [0.29, 0.717) is 12.1 Å². The molecule has 0 saturated carbocycles. The maximum absolute atomic E-state index is 12.2. The number of aryl methyl sites for hydroxylation is 1. The Morgan fingerprint density at radius 2 is 1.59 bits per heavy atom. The number of ether oxygens (including phenoxy) is 1. The van der Waals surface area contributed by atoms with Gasteiger partial charge in [-0.25, -0.2) is 0 Å². The number of benzene rings is 3. The minimum Gasteiger partial charge on any atom is -0.456 e. The molecule has 0 spiro atoms. The first-order chi connectivity index (χ1) is 14.2. The summed E-state index contributed by atoms with van der Waals surface area (Å²) in [6.07, 6.45) is 0.640. The van der Waals surface area contributed by atoms with Crippen molar-refractivity contribution in [3.63, 3.8) is 0 Å². The number of esters is 1. The van der Waals surface area contributed by atoms with Crippen molar-refractivity contribution >= 4 is 39.2 Å². The molecule has 4 rings (SSSR count). The molecule has 0 aliphatic carbocycles. The topological polar surface area (TPSA) is 68.3 Å². The molecule has 29 heavy (non-hydrogen) atoms. The monoisotopic (exact) mass is 384 g/mol. The van der Waals surface area contributed by atoms with Crippen molar-refractivity contribution in [1.82, 2.24) is 4.98 Å². The zero-order valence-electron chi connectivity index (χ0n) is 15.8. The van der Waals surface area contributed by atoms with E-state index in [4.69, 9.17) is 4.74 Å². The van der Waals surface area contributed by atoms with Crippen molar-refractivity contribution < 1.29 is 14.3 Å². The summed E-state index contributed by atoms with van der Waals surface area (Å²) in [5.41, 5.74) is 2.42. The van der Waals surface area contributed by atoms with Crippen LogP contribution in [-0.4, -0.2) is 23.5 Å². The van der Waals surface area contributed by atoms with Gasteiger partial charge in [0.15, 0.2) is 6.61 Å². The highest BCUT2D eigenvalue weighted by atomic mass is 16.5. The number of aromatic nitrogens is 1. The van der Waals surface area contributed by atoms with Crippen LogP contribution >= 0.6 is 0 Å². The summed E-state index contributed by atoms with van der Waals surface area (Å²) in [5, 5.41) is 5.84. The van der Waals surface area contributed by atoms with Crippen LogP contribution in [0.3, 0.4) is 0 Å². The molecule has 4 aromatic rings. The van der Waals surface area contributed by atoms with Gasteiger partial charge in [-0.2, -0.15) is 0 Å². The quantitative estimate of drug-likeness (QED) is 0.497. The SMILES string of the molecule is O=C(COC(=O)CCc1ccc2ccccc2n1)Nc1cccc2ccccc12. The second-order valence-electron chi connectivity index (χ2n) is 6.73. The molecule has 0 saturated heterocycles. The van der Waals surface area contributed by atoms with Gasteiger partial charge >= 0.3 is 5.97 Å². The van der Waals surface area contributed by atoms with Crippen LogP contribution in [0.4, 0.5) is 5.69 Å². The second-order valence-corrected chi connectivity index (χ2v) is 6.73. The predicted molar refractivity (Wildman–Crippen MR) is 114 cm³/mol. The molecule has 1 aromatic heterocycles. The zero-order chi connectivity index (χ0) is 20.1. The number of carbonyl (C=O) groups excluding carboxylic acids is 2. The Labute approximate surface area is 168 Å². The lowest BCUT2D eigenvalue weighted by atomic mass is 10.1. The third-order valence-electron chi connectivity index (χ3n) is 4.67. The normalized spacial score (nSPS) is 10.8. The Hall–Kier alpha value is -3.73. The zero-order valence-corrected chi connectivity index (χ0v) is 15.8. The van der Waals surface area contributed by atoms with Crippen LogP contribution < -0.4 is 5.32 Å². The largest absolute Gasteiger partial charge is 0.456 e. The second kappa shape index (κ2) is 8.52. The Bertz CT molecular complexity index is 1180. The molecule has 0 fully saturated rings. The van der Waals surface area contributed by atoms with E-state index in [0.717, 1.165) is 27.4 Å². The lowest BCUT2D eigenvalue weighted by molar-refractivity contribution is -0.147. The van der Waals surface area contributed by atoms with Gasteiger partial charge in [-0.15, -0.1) is 0 Å². The van der Waals surface area contributed by atoms with Crippen LogP contribution in [-0.2, 0) is 20.7 Å². The van der Waals surface area contributed by atoms with Crippen molar-refractivity contribution in [3.05, 3.63) is 84.6 Å². The smallest absolute Gasteiger partial charge is 0.306 e. The Kier molecular flexibility index (Phi) is 5.47. The highest BCUT2D eigenvalue weighted by Crippen LogP contribution is 2.22. The van der Waals surface area contributed by atoms with Crippen LogP contribution in [0, 0.1) is 0 Å². The van der Waals surface area contributed by atoms with Gasteiger partial charge in [-0.3, -0.25) is 14.6 Å². The highest BCUT2D eigenvalue weighted by molar-refractivity contribution is 6.02. The minimum absolute atomic E-state index is 0.173. The summed E-state index contributed by atoms with van der Waals surface area (Å²) in [5.74, 6) is -0.786. The number of nitrogens with one attached hydrogen (secondary N) is 1. The number of anilines is 1. The van der Waals surface area contributed by atoms with Gasteiger partial charge in [-0.05, 0) is 23.6 Å². The Morgan fingerprint density at radius 1 is 0.828 bits per heavy atom. The van der Waals surface area contributed by atoms with Crippen LogP contribution in [0.15, 0.2) is 78.9 Å². The van der Waals surface area contributed by atoms with E-state index < -0.39 is 5.97 Å². The first kappa shape index (κ1) is 18.6. The van der Waals surface area contributed by atoms with E-state index in [1.165, 1.54) is 0 Å². The third kappa shape index (κ3) is 4.58. The van der Waals surface area contributed by atoms with Crippen molar-refractivity contribution in [2.75, 3.05) is 11.9 Å². The van der Waals surface area contributed by atoms with Crippen molar-refractivity contribution in [2.45, 2.75) is 12.8 Å². The maximum atomic E-state index is 12.2. The summed E-state index contributed by atoms with van der Waals surface area (Å²) in [6.45, 7) is -0.312. The summed E-state index contributed by atoms with van der Waals surface area (Å²) in [7, 11) is 0. The summed E-state index contributed by atoms with van der Waals surface area (Å²) < 4.78 is 5.12. The fraction of sp³-hybridized carbons (Fsp3) is 0.125. The fourth-order valence-corrected chi connectivity index (χ4v) is 3.22. The van der Waals surface area contributed by atoms with Crippen LogP contribution in [0.25, 0.3) is 21.7 Å². The van der Waals surface area contributed by atoms with Gasteiger partial charge < -0.3 is 10.1 Å². The maximum Gasteiger partial charge on any atom is 0.306 e. The number of hydrogen-bond acceptors (Lipinski definition) is 4. The van der Waals surface area contributed by atoms with Gasteiger partial charge in [0, 0.05) is 28.6 Å². The van der Waals surface area contributed by atoms with E-state index in [1.54, 1.807) is 0 Å². The third-order valence-corrected chi connectivity index (χ3v) is 4.67. The van der Waals surface area contributed by atoms with Crippen LogP contribution in [0.5, 0.6) is 0 Å². The molecule has 0 radical (unpaired) electrons. The molecule has 1 amide bonds. The molecule has 0 atom stereocenters. The number of hydrogen-bond donors (Lipinski definition) is 1. The minimum atomic E-state index is -0.423. The number of para-hydroxylation sites is 1. The molecule has 5 heteroatoms. The van der Waals surface area contributed by atoms with Crippen molar-refractivity contribution in [1.29, 1.82) is 0 Å². The average molecular weight is 384 g/mol. The number of rotatable bonds is 6. The van der Waals surface area contributed by atoms with Gasteiger partial charge in [0.05, 0.1) is 11.9 Å². The standard InChI is InChI=1S/C24H20N2O3/c27-23(26-22-11-5-8-17-6-1-3-9-20(17)22)16-29-24(28)15-14-19-13-12-18-7-2-4-10-21(18)25-19/h1-13H,14-16H2,(H,26,27). The number of carbonyl (C=O) groups is 2. The van der Waals surface area contributed by atoms with E-state index >= 15 is 0 Å². The van der Waals surface area contributed by atoms with Crippen molar-refractivity contribution in [2.24, 2.45) is 0 Å². The molecule has 0 bridgehead atoms. The van der Waals surface area contributed by atoms with Crippen molar-refractivity contribution in [3.8, 4) is 0 Å². The number of pyridine rings is 1. The van der Waals surface area contributed by atoms with E-state index in [2.05, 4.69) is 10.3 Å². The summed E-state index contributed by atoms with van der Waals surface area (Å²) in [6, 6.07) is 25.2. The van der Waals surface area contributed by atoms with Crippen LogP contribution in [0.2, 0.25) is 0 Å². The average Bonchev–Trinajstić information content (AvgIpc) is 2.76. The molecule has 1 heterocycles. The number of fused-ring (bicyclic) bond motifs is 2. The molecule has 0 unspecified atom stereocenters. The molecule has 0 aliphatic heterocycles. The van der Waals surface area contributed by atoms with E-state index in [9.17, 15) is 9.59 Å². The van der Waals surface area contributed by atoms with Gasteiger partial charge in [0.1, 0.15) is 0 Å². The molecule has 3 aromatic carbocycles. The predicted octanol–water partition coefficient (Wildman–Crippen LogP) is 4.50. The first-order valence-corrected chi connectivity index (χ1v) is 9.47. The summed E-state index contributed by atoms with van der Waals surface area (Å²) in [4.78, 5) is 28.7. The summed E-state index contributed by atoms with van der Waals surface area (Å²) >= 11 is 0. The molecular weight excluding hydrogens is 364 g/mol. The molecule has 1 N–H and O–H groups in total. The van der Waals surface area contributed by atoms with E-state index in [-0.39, 0.29) is 18.9 Å². The number of nitrogens with zero attached hydrogens (tertiary/aromatic N) is 1. The molecular formula is C24H20N2O3. The fourth-order valence-electron chi connectivity index (χ4n) is 3.22. The molecule has 0 aliphatic rings. The number of amides is 1. The van der Waals surface area contributed by atoms with Gasteiger partial charge in [0.25, 0.3) is 5.91 Å². The lowest BCUT2D eigenvalue weighted by Gasteiger charge is -2.09. The van der Waals surface area contributed by atoms with E-state index in [1.807, 2.05) is 78.9 Å². The Balaban J connectivity index is 1.29. The molecule has 144 valence electrons. The van der Waals surface area contributed by atoms with Gasteiger partial charge in [-0.1, -0.05) is 60.7 Å². The van der Waals surface area contributed by atoms with Gasteiger partial charge in [0.2, 0.25) is 0 Å². The van der Waals surface area contributed by atoms with Crippen LogP contribution in [0.1, 0.15) is 12.1 Å². The lowest BCUT2D eigenvalue weighted by Crippen LogP contribution is -2.21. The first-order valence-electron chi connectivity index (χ1n) is 9.47. The Morgan fingerprint density at radius 3 is 2.48 bits per heavy atom. The molecule has 5 nitrogen and oxygen atoms in total. The highest BCUT2D eigenvalue weighted by Gasteiger charge is 2.10.